The summed E-state index contributed by atoms with van der Waals surface area (Å²) in [5.41, 5.74) is 2.45. The van der Waals surface area contributed by atoms with Gasteiger partial charge in [-0.3, -0.25) is 0 Å². The van der Waals surface area contributed by atoms with Gasteiger partial charge in [0.25, 0.3) is 0 Å². The topological polar surface area (TPSA) is 30.7 Å². The van der Waals surface area contributed by atoms with Gasteiger partial charge in [-0.1, -0.05) is 13.0 Å². The number of hydrogen-bond acceptors (Lipinski definition) is 2. The van der Waals surface area contributed by atoms with Crippen LogP contribution in [-0.2, 0) is 26.2 Å². The van der Waals surface area contributed by atoms with Crippen molar-refractivity contribution in [3.05, 3.63) is 78.9 Å². The van der Waals surface area contributed by atoms with Gasteiger partial charge in [-0.15, -0.1) is 51.3 Å². The van der Waals surface area contributed by atoms with E-state index in [9.17, 15) is 0 Å². The molecule has 1 heterocycles. The molecule has 0 radical (unpaired) electrons. The van der Waals surface area contributed by atoms with Gasteiger partial charge in [-0.25, -0.2) is 12.1 Å². The van der Waals surface area contributed by atoms with Gasteiger partial charge in [0.2, 0.25) is 0 Å². The zero-order chi connectivity index (χ0) is 13.8. The first-order valence-electron chi connectivity index (χ1n) is 6.52. The number of aryl methyl sites for hydroxylation is 1. The van der Waals surface area contributed by atoms with E-state index in [4.69, 9.17) is 0 Å². The molecule has 0 amide bonds. The van der Waals surface area contributed by atoms with Crippen molar-refractivity contribution in [3.8, 4) is 5.69 Å². The Morgan fingerprint density at radius 2 is 1.57 bits per heavy atom. The Kier molecular flexibility index (Phi) is 9.98. The van der Waals surface area contributed by atoms with Crippen LogP contribution in [0, 0.1) is 6.92 Å². The quantitative estimate of drug-likeness (QED) is 0.327. The van der Waals surface area contributed by atoms with Gasteiger partial charge < -0.3 is 29.4 Å². The summed E-state index contributed by atoms with van der Waals surface area (Å²) < 4.78 is 1.90. The van der Waals surface area contributed by atoms with Gasteiger partial charge in [-0.2, -0.15) is 17.7 Å². The minimum Gasteiger partial charge on any atom is -1.00 e. The van der Waals surface area contributed by atoms with E-state index in [0.29, 0.717) is 0 Å². The smallest absolute Gasteiger partial charge is 1.00 e. The summed E-state index contributed by atoms with van der Waals surface area (Å²) >= 11 is 0. The first kappa shape index (κ1) is 21.8. The van der Waals surface area contributed by atoms with E-state index in [1.807, 2.05) is 28.8 Å². The monoisotopic (exact) mass is 421 g/mol. The zero-order valence-corrected chi connectivity index (χ0v) is 16.5. The van der Waals surface area contributed by atoms with Crippen molar-refractivity contribution in [2.75, 3.05) is 0 Å². The predicted octanol–water partition coefficient (Wildman–Crippen LogP) is -2.14. The minimum absolute atomic E-state index is 0. The van der Waals surface area contributed by atoms with Crippen molar-refractivity contribution in [3.63, 3.8) is 0 Å². The van der Waals surface area contributed by atoms with Crippen LogP contribution in [0.5, 0.6) is 0 Å². The Hall–Kier alpha value is -1.22. The summed E-state index contributed by atoms with van der Waals surface area (Å²) in [6, 6.07) is 20.8. The molecule has 0 spiro atoms. The summed E-state index contributed by atoms with van der Waals surface area (Å²) in [5.74, 6) is 0. The predicted molar refractivity (Wildman–Crippen MR) is 81.2 cm³/mol. The van der Waals surface area contributed by atoms with Crippen molar-refractivity contribution in [2.24, 2.45) is 0 Å². The molecule has 0 saturated carbocycles. The summed E-state index contributed by atoms with van der Waals surface area (Å²) in [6.45, 7) is 2.08. The summed E-state index contributed by atoms with van der Waals surface area (Å²) in [6.07, 6.45) is 3.41. The van der Waals surface area contributed by atoms with E-state index >= 15 is 0 Å². The van der Waals surface area contributed by atoms with Crippen molar-refractivity contribution < 1.29 is 51.0 Å². The Labute approximate surface area is 167 Å². The SMILES string of the molecule is C[c-]1cccc1.[Cl-].[Cl-].[Zr+4].c1ccc2[cH-]c(-n3cnnc3)cc2c1. The first-order valence-corrected chi connectivity index (χ1v) is 6.52. The molecular formula is C17H15Cl2N3Zr. The third kappa shape index (κ3) is 5.73. The van der Waals surface area contributed by atoms with E-state index < -0.39 is 0 Å². The normalized spacial score (nSPS) is 8.91. The molecule has 23 heavy (non-hydrogen) atoms. The van der Waals surface area contributed by atoms with Gasteiger partial charge in [0.1, 0.15) is 12.7 Å². The molecule has 1 aromatic heterocycles. The van der Waals surface area contributed by atoms with E-state index in [2.05, 4.69) is 53.5 Å². The fraction of sp³-hybridized carbons (Fsp3) is 0.0588. The second-order valence-electron chi connectivity index (χ2n) is 4.67. The zero-order valence-electron chi connectivity index (χ0n) is 12.5. The standard InChI is InChI=1S/C11H8N3.C6H7.2ClH.Zr/c1-2-4-10-6-11(5-9(10)3-1)14-7-12-13-8-14;1-6-4-2-3-5-6;;;/h1-8H;2-5H,1H3;2*1H;/q2*-1;;;+4/p-2. The molecule has 0 unspecified atom stereocenters. The largest absolute Gasteiger partial charge is 4.00 e. The first-order chi connectivity index (χ1) is 9.83. The molecule has 4 aromatic rings. The van der Waals surface area contributed by atoms with Crippen LogP contribution in [0.3, 0.4) is 0 Å². The number of fused-ring (bicyclic) bond motifs is 1. The Balaban J connectivity index is 0.000000469. The van der Waals surface area contributed by atoms with E-state index in [-0.39, 0.29) is 51.0 Å². The second-order valence-corrected chi connectivity index (χ2v) is 4.67. The van der Waals surface area contributed by atoms with Crippen LogP contribution in [0.1, 0.15) is 5.56 Å². The van der Waals surface area contributed by atoms with Gasteiger partial charge in [-0.05, 0) is 5.69 Å². The number of benzene rings is 1. The number of rotatable bonds is 1. The Morgan fingerprint density at radius 1 is 0.957 bits per heavy atom. The van der Waals surface area contributed by atoms with Crippen LogP contribution in [0.25, 0.3) is 16.5 Å². The number of aromatic nitrogens is 3. The molecule has 0 saturated heterocycles. The Bertz CT molecular complexity index is 744. The molecule has 0 aliphatic heterocycles. The molecule has 0 fully saturated rings. The number of hydrogen-bond donors (Lipinski definition) is 0. The molecule has 0 bridgehead atoms. The van der Waals surface area contributed by atoms with Crippen LogP contribution in [0.2, 0.25) is 0 Å². The Morgan fingerprint density at radius 3 is 2.09 bits per heavy atom. The van der Waals surface area contributed by atoms with Crippen LogP contribution in [0.15, 0.2) is 73.3 Å². The molecule has 0 aliphatic carbocycles. The molecule has 0 aliphatic rings. The second kappa shape index (κ2) is 10.5. The van der Waals surface area contributed by atoms with Crippen molar-refractivity contribution in [1.29, 1.82) is 0 Å². The van der Waals surface area contributed by atoms with Crippen LogP contribution in [-0.4, -0.2) is 14.8 Å². The van der Waals surface area contributed by atoms with Gasteiger partial charge in [0, 0.05) is 0 Å². The van der Waals surface area contributed by atoms with Gasteiger partial charge in [0.15, 0.2) is 0 Å². The van der Waals surface area contributed by atoms with Crippen molar-refractivity contribution in [2.45, 2.75) is 6.92 Å². The number of nitrogens with zero attached hydrogens (tertiary/aromatic N) is 3. The average Bonchev–Trinajstić information content (AvgIpc) is 3.20. The third-order valence-electron chi connectivity index (χ3n) is 3.15. The molecule has 0 N–H and O–H groups in total. The molecule has 4 rings (SSSR count). The molecule has 3 nitrogen and oxygen atoms in total. The summed E-state index contributed by atoms with van der Waals surface area (Å²) in [4.78, 5) is 0. The maximum atomic E-state index is 3.78. The summed E-state index contributed by atoms with van der Waals surface area (Å²) in [5, 5.41) is 10.1. The molecule has 3 aromatic carbocycles. The van der Waals surface area contributed by atoms with Crippen LogP contribution >= 0.6 is 0 Å². The third-order valence-corrected chi connectivity index (χ3v) is 3.15. The number of halogens is 2. The maximum Gasteiger partial charge on any atom is 4.00 e. The average molecular weight is 423 g/mol. The fourth-order valence-corrected chi connectivity index (χ4v) is 2.09. The molecule has 6 heteroatoms. The minimum atomic E-state index is 0. The van der Waals surface area contributed by atoms with E-state index in [0.717, 1.165) is 5.69 Å². The van der Waals surface area contributed by atoms with E-state index in [1.165, 1.54) is 16.3 Å². The van der Waals surface area contributed by atoms with Crippen LogP contribution in [0.4, 0.5) is 0 Å². The molecular weight excluding hydrogens is 408 g/mol. The van der Waals surface area contributed by atoms with Crippen LogP contribution < -0.4 is 24.8 Å². The fourth-order valence-electron chi connectivity index (χ4n) is 2.09. The molecule has 0 atom stereocenters. The maximum absolute atomic E-state index is 3.78. The summed E-state index contributed by atoms with van der Waals surface area (Å²) in [7, 11) is 0. The molecule has 116 valence electrons. The van der Waals surface area contributed by atoms with E-state index in [1.54, 1.807) is 12.7 Å². The van der Waals surface area contributed by atoms with Crippen molar-refractivity contribution in [1.82, 2.24) is 14.8 Å². The van der Waals surface area contributed by atoms with Crippen molar-refractivity contribution >= 4 is 10.8 Å². The van der Waals surface area contributed by atoms with Gasteiger partial charge in [0.05, 0.1) is 0 Å². The van der Waals surface area contributed by atoms with Gasteiger partial charge >= 0.3 is 26.2 Å².